The van der Waals surface area contributed by atoms with Crippen molar-refractivity contribution in [3.05, 3.63) is 77.1 Å². The number of aliphatic carboxylic acids is 1. The molecule has 4 heteroatoms. The topological polar surface area (TPSA) is 37.3 Å². The molecule has 0 bridgehead atoms. The van der Waals surface area contributed by atoms with E-state index >= 15 is 0 Å². The van der Waals surface area contributed by atoms with Crippen LogP contribution in [0.5, 0.6) is 0 Å². The first-order valence-corrected chi connectivity index (χ1v) is 7.62. The van der Waals surface area contributed by atoms with Crippen LogP contribution >= 0.6 is 11.8 Å². The van der Waals surface area contributed by atoms with Gasteiger partial charge >= 0.3 is 5.97 Å². The Morgan fingerprint density at radius 3 is 2.57 bits per heavy atom. The maximum absolute atomic E-state index is 13.9. The number of halogens is 1. The van der Waals surface area contributed by atoms with Crippen LogP contribution in [0.3, 0.4) is 0 Å². The average molecular weight is 302 g/mol. The van der Waals surface area contributed by atoms with Gasteiger partial charge in [-0.2, -0.15) is 11.8 Å². The Kier molecular flexibility index (Phi) is 5.58. The van der Waals surface area contributed by atoms with Gasteiger partial charge in [0, 0.05) is 17.6 Å². The van der Waals surface area contributed by atoms with Gasteiger partial charge in [-0.25, -0.2) is 9.18 Å². The summed E-state index contributed by atoms with van der Waals surface area (Å²) in [7, 11) is 0. The predicted octanol–water partition coefficient (Wildman–Crippen LogP) is 4.36. The fourth-order valence-corrected chi connectivity index (χ4v) is 2.79. The zero-order valence-corrected chi connectivity index (χ0v) is 12.1. The number of carboxylic acid groups (broad SMARTS) is 1. The molecule has 1 N–H and O–H groups in total. The van der Waals surface area contributed by atoms with Gasteiger partial charge in [-0.15, -0.1) is 0 Å². The smallest absolute Gasteiger partial charge is 0.328 e. The number of carbonyl (C=O) groups is 1. The minimum atomic E-state index is -1.04. The first kappa shape index (κ1) is 15.3. The molecular formula is C17H15FO2S. The third kappa shape index (κ3) is 5.08. The van der Waals surface area contributed by atoms with Crippen LogP contribution < -0.4 is 0 Å². The number of hydrogen-bond acceptors (Lipinski definition) is 2. The number of benzene rings is 2. The molecule has 0 aliphatic carbocycles. The predicted molar refractivity (Wildman–Crippen MR) is 84.5 cm³/mol. The molecule has 0 aliphatic rings. The number of hydrogen-bond donors (Lipinski definition) is 1. The van der Waals surface area contributed by atoms with E-state index in [1.54, 1.807) is 23.9 Å². The average Bonchev–Trinajstić information content (AvgIpc) is 2.48. The van der Waals surface area contributed by atoms with Gasteiger partial charge in [0.2, 0.25) is 0 Å². The molecule has 108 valence electrons. The van der Waals surface area contributed by atoms with Crippen LogP contribution in [-0.2, 0) is 16.3 Å². The van der Waals surface area contributed by atoms with E-state index in [0.717, 1.165) is 11.8 Å². The van der Waals surface area contributed by atoms with Crippen LogP contribution in [0.25, 0.3) is 6.08 Å². The van der Waals surface area contributed by atoms with Crippen molar-refractivity contribution < 1.29 is 14.3 Å². The van der Waals surface area contributed by atoms with Gasteiger partial charge in [0.25, 0.3) is 0 Å². The van der Waals surface area contributed by atoms with Crippen molar-refractivity contribution in [2.24, 2.45) is 0 Å². The molecule has 0 atom stereocenters. The lowest BCUT2D eigenvalue weighted by molar-refractivity contribution is -0.131. The standard InChI is InChI=1S/C17H15FO2S/c18-16-10-13(7-9-17(19)20)6-8-15(16)12-21-11-14-4-2-1-3-5-14/h1-10H,11-12H2,(H,19,20). The summed E-state index contributed by atoms with van der Waals surface area (Å²) in [5.41, 5.74) is 2.39. The summed E-state index contributed by atoms with van der Waals surface area (Å²) in [4.78, 5) is 10.4. The summed E-state index contributed by atoms with van der Waals surface area (Å²) in [6.07, 6.45) is 2.38. The Labute approximate surface area is 127 Å². The van der Waals surface area contributed by atoms with Crippen molar-refractivity contribution >= 4 is 23.8 Å². The molecule has 2 aromatic rings. The van der Waals surface area contributed by atoms with Crippen molar-refractivity contribution in [1.82, 2.24) is 0 Å². The molecule has 2 aromatic carbocycles. The third-order valence-corrected chi connectivity index (χ3v) is 3.92. The van der Waals surface area contributed by atoms with Crippen molar-refractivity contribution in [3.8, 4) is 0 Å². The zero-order chi connectivity index (χ0) is 15.1. The molecule has 2 rings (SSSR count). The number of rotatable bonds is 6. The lowest BCUT2D eigenvalue weighted by Gasteiger charge is -2.05. The Morgan fingerprint density at radius 1 is 1.14 bits per heavy atom. The second kappa shape index (κ2) is 7.64. The molecule has 0 fully saturated rings. The molecule has 0 heterocycles. The van der Waals surface area contributed by atoms with Crippen LogP contribution in [0.15, 0.2) is 54.6 Å². The molecule has 0 spiro atoms. The third-order valence-electron chi connectivity index (χ3n) is 2.86. The monoisotopic (exact) mass is 302 g/mol. The second-order valence-electron chi connectivity index (χ2n) is 4.50. The highest BCUT2D eigenvalue weighted by Crippen LogP contribution is 2.21. The summed E-state index contributed by atoms with van der Waals surface area (Å²) in [6, 6.07) is 14.8. The molecule has 0 radical (unpaired) electrons. The zero-order valence-electron chi connectivity index (χ0n) is 11.3. The Hall–Kier alpha value is -2.07. The molecule has 0 amide bonds. The summed E-state index contributed by atoms with van der Waals surface area (Å²) < 4.78 is 13.9. The minimum Gasteiger partial charge on any atom is -0.478 e. The van der Waals surface area contributed by atoms with Crippen LogP contribution in [0.2, 0.25) is 0 Å². The summed E-state index contributed by atoms with van der Waals surface area (Å²) >= 11 is 1.65. The number of carboxylic acids is 1. The van der Waals surface area contributed by atoms with E-state index in [1.165, 1.54) is 17.7 Å². The van der Waals surface area contributed by atoms with Crippen molar-refractivity contribution in [2.45, 2.75) is 11.5 Å². The van der Waals surface area contributed by atoms with Gasteiger partial charge in [-0.05, 0) is 28.8 Å². The van der Waals surface area contributed by atoms with Crippen LogP contribution in [0.4, 0.5) is 4.39 Å². The summed E-state index contributed by atoms with van der Waals surface area (Å²) in [6.45, 7) is 0. The fraction of sp³-hybridized carbons (Fsp3) is 0.118. The van der Waals surface area contributed by atoms with Gasteiger partial charge < -0.3 is 5.11 Å². The van der Waals surface area contributed by atoms with Crippen molar-refractivity contribution in [3.63, 3.8) is 0 Å². The highest BCUT2D eigenvalue weighted by molar-refractivity contribution is 7.97. The lowest BCUT2D eigenvalue weighted by atomic mass is 10.1. The molecule has 0 unspecified atom stereocenters. The van der Waals surface area contributed by atoms with Crippen LogP contribution in [0.1, 0.15) is 16.7 Å². The van der Waals surface area contributed by atoms with Gasteiger partial charge in [0.1, 0.15) is 5.82 Å². The van der Waals surface area contributed by atoms with E-state index in [0.29, 0.717) is 16.9 Å². The van der Waals surface area contributed by atoms with E-state index in [4.69, 9.17) is 5.11 Å². The normalized spacial score (nSPS) is 10.9. The molecule has 2 nitrogen and oxygen atoms in total. The second-order valence-corrected chi connectivity index (χ2v) is 5.49. The van der Waals surface area contributed by atoms with Gasteiger partial charge in [0.15, 0.2) is 0 Å². The molecular weight excluding hydrogens is 287 g/mol. The first-order valence-electron chi connectivity index (χ1n) is 6.46. The molecule has 21 heavy (non-hydrogen) atoms. The van der Waals surface area contributed by atoms with E-state index in [2.05, 4.69) is 0 Å². The Balaban J connectivity index is 1.93. The van der Waals surface area contributed by atoms with Gasteiger partial charge in [0.05, 0.1) is 0 Å². The van der Waals surface area contributed by atoms with Crippen molar-refractivity contribution in [2.75, 3.05) is 0 Å². The number of thioether (sulfide) groups is 1. The molecule has 0 saturated carbocycles. The maximum Gasteiger partial charge on any atom is 0.328 e. The van der Waals surface area contributed by atoms with Crippen LogP contribution in [-0.4, -0.2) is 11.1 Å². The van der Waals surface area contributed by atoms with E-state index < -0.39 is 5.97 Å². The summed E-state index contributed by atoms with van der Waals surface area (Å²) in [5.74, 6) is 0.0749. The quantitative estimate of drug-likeness (QED) is 0.806. The van der Waals surface area contributed by atoms with E-state index in [-0.39, 0.29) is 5.82 Å². The van der Waals surface area contributed by atoms with E-state index in [9.17, 15) is 9.18 Å². The van der Waals surface area contributed by atoms with E-state index in [1.807, 2.05) is 30.3 Å². The highest BCUT2D eigenvalue weighted by atomic mass is 32.2. The molecule has 0 saturated heterocycles. The van der Waals surface area contributed by atoms with Gasteiger partial charge in [-0.1, -0.05) is 42.5 Å². The van der Waals surface area contributed by atoms with Crippen LogP contribution in [0, 0.1) is 5.82 Å². The Bertz CT molecular complexity index is 638. The largest absolute Gasteiger partial charge is 0.478 e. The first-order chi connectivity index (χ1) is 10.1. The SMILES string of the molecule is O=C(O)C=Cc1ccc(CSCc2ccccc2)c(F)c1. The Morgan fingerprint density at radius 2 is 1.90 bits per heavy atom. The summed E-state index contributed by atoms with van der Waals surface area (Å²) in [5, 5.41) is 8.54. The molecule has 0 aliphatic heterocycles. The maximum atomic E-state index is 13.9. The fourth-order valence-electron chi connectivity index (χ4n) is 1.80. The molecule has 0 aromatic heterocycles. The van der Waals surface area contributed by atoms with Crippen molar-refractivity contribution in [1.29, 1.82) is 0 Å². The van der Waals surface area contributed by atoms with Gasteiger partial charge in [-0.3, -0.25) is 0 Å². The highest BCUT2D eigenvalue weighted by Gasteiger charge is 2.03. The minimum absolute atomic E-state index is 0.303. The lowest BCUT2D eigenvalue weighted by Crippen LogP contribution is -1.90.